The molecule has 0 amide bonds. The minimum atomic E-state index is -0.606. The summed E-state index contributed by atoms with van der Waals surface area (Å²) in [6.45, 7) is -0.0462. The largest absolute Gasteiger partial charge is 0.457 e. The van der Waals surface area contributed by atoms with Gasteiger partial charge in [-0.1, -0.05) is 35.3 Å². The Balaban J connectivity index is 1.85. The van der Waals surface area contributed by atoms with Gasteiger partial charge in [-0.15, -0.1) is 0 Å². The molecule has 0 atom stereocenters. The van der Waals surface area contributed by atoms with Crippen molar-refractivity contribution in [1.29, 1.82) is 0 Å². The van der Waals surface area contributed by atoms with Gasteiger partial charge in [0.05, 0.1) is 21.1 Å². The molecular weight excluding hydrogens is 340 g/mol. The standard InChI is InChI=1S/C17H10Cl2FNO2/c18-13-5-1-3-12(15(13)19)17(22)23-9-10-6-7-14(20)11-4-2-8-21-16(10)11/h1-8H,9H2. The summed E-state index contributed by atoms with van der Waals surface area (Å²) >= 11 is 11.9. The van der Waals surface area contributed by atoms with E-state index in [1.54, 1.807) is 30.5 Å². The molecule has 1 aromatic heterocycles. The third-order valence-corrected chi connectivity index (χ3v) is 4.15. The van der Waals surface area contributed by atoms with E-state index in [-0.39, 0.29) is 28.0 Å². The van der Waals surface area contributed by atoms with E-state index in [1.807, 2.05) is 0 Å². The highest BCUT2D eigenvalue weighted by molar-refractivity contribution is 6.43. The number of carbonyl (C=O) groups is 1. The topological polar surface area (TPSA) is 39.2 Å². The van der Waals surface area contributed by atoms with Crippen molar-refractivity contribution in [3.05, 3.63) is 75.7 Å². The summed E-state index contributed by atoms with van der Waals surface area (Å²) in [7, 11) is 0. The molecule has 2 aromatic carbocycles. The second kappa shape index (κ2) is 6.52. The Morgan fingerprint density at radius 1 is 1.13 bits per heavy atom. The van der Waals surface area contributed by atoms with E-state index < -0.39 is 5.97 Å². The van der Waals surface area contributed by atoms with E-state index >= 15 is 0 Å². The fourth-order valence-corrected chi connectivity index (χ4v) is 2.57. The first kappa shape index (κ1) is 15.7. The molecule has 0 aliphatic heterocycles. The lowest BCUT2D eigenvalue weighted by molar-refractivity contribution is 0.0474. The maximum atomic E-state index is 13.7. The van der Waals surface area contributed by atoms with E-state index in [9.17, 15) is 9.18 Å². The molecule has 0 spiro atoms. The predicted molar refractivity (Wildman–Crippen MR) is 87.3 cm³/mol. The zero-order valence-electron chi connectivity index (χ0n) is 11.7. The van der Waals surface area contributed by atoms with Gasteiger partial charge in [0.25, 0.3) is 0 Å². The number of nitrogens with zero attached hydrogens (tertiary/aromatic N) is 1. The minimum Gasteiger partial charge on any atom is -0.457 e. The zero-order chi connectivity index (χ0) is 16.4. The van der Waals surface area contributed by atoms with Gasteiger partial charge < -0.3 is 4.74 Å². The van der Waals surface area contributed by atoms with Crippen molar-refractivity contribution in [2.45, 2.75) is 6.61 Å². The Bertz CT molecular complexity index is 899. The van der Waals surface area contributed by atoms with Crippen LogP contribution in [0, 0.1) is 5.82 Å². The van der Waals surface area contributed by atoms with Gasteiger partial charge in [0.15, 0.2) is 0 Å². The molecule has 0 bridgehead atoms. The molecule has 0 fully saturated rings. The molecule has 0 unspecified atom stereocenters. The third-order valence-electron chi connectivity index (χ3n) is 3.33. The molecule has 0 saturated carbocycles. The first-order chi connectivity index (χ1) is 11.1. The molecule has 3 aromatic rings. The number of halogens is 3. The van der Waals surface area contributed by atoms with Gasteiger partial charge in [-0.2, -0.15) is 0 Å². The van der Waals surface area contributed by atoms with Gasteiger partial charge in [-0.05, 0) is 30.3 Å². The smallest absolute Gasteiger partial charge is 0.340 e. The van der Waals surface area contributed by atoms with Crippen LogP contribution < -0.4 is 0 Å². The summed E-state index contributed by atoms with van der Waals surface area (Å²) < 4.78 is 19.0. The van der Waals surface area contributed by atoms with Crippen LogP contribution in [0.3, 0.4) is 0 Å². The third kappa shape index (κ3) is 3.14. The number of rotatable bonds is 3. The molecule has 0 radical (unpaired) electrons. The molecular formula is C17H10Cl2FNO2. The van der Waals surface area contributed by atoms with Crippen LogP contribution in [-0.2, 0) is 11.3 Å². The van der Waals surface area contributed by atoms with Crippen LogP contribution in [0.2, 0.25) is 10.0 Å². The maximum Gasteiger partial charge on any atom is 0.340 e. The molecule has 3 rings (SSSR count). The lowest BCUT2D eigenvalue weighted by Crippen LogP contribution is -2.07. The average Bonchev–Trinajstić information content (AvgIpc) is 2.57. The maximum absolute atomic E-state index is 13.7. The predicted octanol–water partition coefficient (Wildman–Crippen LogP) is 5.04. The van der Waals surface area contributed by atoms with Crippen molar-refractivity contribution in [1.82, 2.24) is 4.98 Å². The lowest BCUT2D eigenvalue weighted by atomic mass is 10.1. The van der Waals surface area contributed by atoms with Gasteiger partial charge >= 0.3 is 5.97 Å². The molecule has 6 heteroatoms. The van der Waals surface area contributed by atoms with Crippen molar-refractivity contribution in [2.24, 2.45) is 0 Å². The summed E-state index contributed by atoms with van der Waals surface area (Å²) in [6.07, 6.45) is 1.56. The van der Waals surface area contributed by atoms with Crippen molar-refractivity contribution in [3.8, 4) is 0 Å². The fraction of sp³-hybridized carbons (Fsp3) is 0.0588. The second-order valence-electron chi connectivity index (χ2n) is 4.78. The molecule has 0 aliphatic rings. The minimum absolute atomic E-state index is 0.0462. The number of aromatic nitrogens is 1. The molecule has 3 nitrogen and oxygen atoms in total. The fourth-order valence-electron chi connectivity index (χ4n) is 2.20. The Morgan fingerprint density at radius 2 is 1.96 bits per heavy atom. The summed E-state index contributed by atoms with van der Waals surface area (Å²) in [5.41, 5.74) is 1.24. The summed E-state index contributed by atoms with van der Waals surface area (Å²) in [6, 6.07) is 10.8. The van der Waals surface area contributed by atoms with Crippen molar-refractivity contribution >= 4 is 40.1 Å². The van der Waals surface area contributed by atoms with Gasteiger partial charge in [0.2, 0.25) is 0 Å². The summed E-state index contributed by atoms with van der Waals surface area (Å²) in [5, 5.41) is 0.790. The van der Waals surface area contributed by atoms with Crippen LogP contribution >= 0.6 is 23.2 Å². The van der Waals surface area contributed by atoms with Crippen molar-refractivity contribution in [3.63, 3.8) is 0 Å². The number of benzene rings is 2. The van der Waals surface area contributed by atoms with Crippen LogP contribution in [-0.4, -0.2) is 11.0 Å². The van der Waals surface area contributed by atoms with E-state index in [0.29, 0.717) is 16.5 Å². The quantitative estimate of drug-likeness (QED) is 0.622. The van der Waals surface area contributed by atoms with Gasteiger partial charge in [-0.25, -0.2) is 9.18 Å². The zero-order valence-corrected chi connectivity index (χ0v) is 13.2. The van der Waals surface area contributed by atoms with Gasteiger partial charge in [-0.3, -0.25) is 4.98 Å². The summed E-state index contributed by atoms with van der Waals surface area (Å²) in [4.78, 5) is 16.3. The van der Waals surface area contributed by atoms with E-state index in [1.165, 1.54) is 18.2 Å². The number of fused-ring (bicyclic) bond motifs is 1. The molecule has 0 aliphatic carbocycles. The second-order valence-corrected chi connectivity index (χ2v) is 5.57. The molecule has 0 saturated heterocycles. The van der Waals surface area contributed by atoms with Crippen LogP contribution in [0.25, 0.3) is 10.9 Å². The van der Waals surface area contributed by atoms with Crippen LogP contribution in [0.15, 0.2) is 48.7 Å². The van der Waals surface area contributed by atoms with Gasteiger partial charge in [0.1, 0.15) is 12.4 Å². The number of esters is 1. The van der Waals surface area contributed by atoms with Crippen molar-refractivity contribution < 1.29 is 13.9 Å². The average molecular weight is 350 g/mol. The first-order valence-corrected chi connectivity index (χ1v) is 7.47. The molecule has 23 heavy (non-hydrogen) atoms. The highest BCUT2D eigenvalue weighted by Crippen LogP contribution is 2.27. The highest BCUT2D eigenvalue weighted by Gasteiger charge is 2.15. The normalized spacial score (nSPS) is 10.7. The SMILES string of the molecule is O=C(OCc1ccc(F)c2cccnc12)c1cccc(Cl)c1Cl. The first-order valence-electron chi connectivity index (χ1n) is 6.71. The number of carbonyl (C=O) groups excluding carboxylic acids is 1. The summed E-state index contributed by atoms with van der Waals surface area (Å²) in [5.74, 6) is -0.980. The number of hydrogen-bond donors (Lipinski definition) is 0. The monoisotopic (exact) mass is 349 g/mol. The number of hydrogen-bond acceptors (Lipinski definition) is 3. The van der Waals surface area contributed by atoms with E-state index in [0.717, 1.165) is 0 Å². The number of pyridine rings is 1. The number of ether oxygens (including phenoxy) is 1. The van der Waals surface area contributed by atoms with Crippen molar-refractivity contribution in [2.75, 3.05) is 0 Å². The van der Waals surface area contributed by atoms with E-state index in [2.05, 4.69) is 4.98 Å². The van der Waals surface area contributed by atoms with Crippen LogP contribution in [0.4, 0.5) is 4.39 Å². The Kier molecular flexibility index (Phi) is 4.46. The Morgan fingerprint density at radius 3 is 2.78 bits per heavy atom. The Hall–Kier alpha value is -2.17. The van der Waals surface area contributed by atoms with E-state index in [4.69, 9.17) is 27.9 Å². The van der Waals surface area contributed by atoms with Crippen LogP contribution in [0.5, 0.6) is 0 Å². The lowest BCUT2D eigenvalue weighted by Gasteiger charge is -2.09. The molecule has 1 heterocycles. The molecule has 0 N–H and O–H groups in total. The van der Waals surface area contributed by atoms with Gasteiger partial charge in [0, 0.05) is 17.1 Å². The molecule has 116 valence electrons. The Labute approximate surface area is 141 Å². The highest BCUT2D eigenvalue weighted by atomic mass is 35.5. The van der Waals surface area contributed by atoms with Crippen LogP contribution in [0.1, 0.15) is 15.9 Å².